The molecule has 4 nitrogen and oxygen atoms in total. The van der Waals surface area contributed by atoms with Crippen molar-refractivity contribution in [2.45, 2.75) is 46.1 Å². The van der Waals surface area contributed by atoms with Crippen molar-refractivity contribution in [3.8, 4) is 16.9 Å². The number of hydrogen-bond donors (Lipinski definition) is 1. The van der Waals surface area contributed by atoms with Crippen LogP contribution in [0.3, 0.4) is 0 Å². The quantitative estimate of drug-likeness (QED) is 0.446. The van der Waals surface area contributed by atoms with Gasteiger partial charge < -0.3 is 14.7 Å². The molecule has 0 aliphatic carbocycles. The zero-order valence-corrected chi connectivity index (χ0v) is 19.9. The van der Waals surface area contributed by atoms with Gasteiger partial charge in [0.05, 0.1) is 13.2 Å². The van der Waals surface area contributed by atoms with Crippen LogP contribution in [0.4, 0.5) is 14.6 Å². The summed E-state index contributed by atoms with van der Waals surface area (Å²) in [6, 6.07) is 11.8. The van der Waals surface area contributed by atoms with Crippen LogP contribution < -0.4 is 9.64 Å². The highest BCUT2D eigenvalue weighted by molar-refractivity contribution is 5.65. The van der Waals surface area contributed by atoms with Crippen LogP contribution in [0, 0.1) is 17.6 Å². The number of halogens is 2. The molecule has 1 N–H and O–H groups in total. The van der Waals surface area contributed by atoms with E-state index in [2.05, 4.69) is 24.8 Å². The third kappa shape index (κ3) is 5.39. The molecule has 0 bridgehead atoms. The summed E-state index contributed by atoms with van der Waals surface area (Å²) in [7, 11) is 0. The first kappa shape index (κ1) is 24.1. The summed E-state index contributed by atoms with van der Waals surface area (Å²) in [4.78, 5) is 7.02. The maximum absolute atomic E-state index is 14.7. The maximum Gasteiger partial charge on any atom is 0.190 e. The Labute approximate surface area is 200 Å². The lowest BCUT2D eigenvalue weighted by Gasteiger charge is -2.34. The highest BCUT2D eigenvalue weighted by Gasteiger charge is 2.23. The molecule has 0 unspecified atom stereocenters. The van der Waals surface area contributed by atoms with Crippen molar-refractivity contribution >= 4 is 5.82 Å². The molecule has 2 heterocycles. The number of aliphatic hydroxyl groups is 1. The molecule has 1 aliphatic rings. The van der Waals surface area contributed by atoms with Gasteiger partial charge in [0.2, 0.25) is 0 Å². The fraction of sp³-hybridized carbons (Fsp3) is 0.393. The molecular weight excluding hydrogens is 434 g/mol. The molecule has 0 saturated carbocycles. The Hall–Kier alpha value is -2.99. The van der Waals surface area contributed by atoms with E-state index in [0.29, 0.717) is 16.7 Å². The van der Waals surface area contributed by atoms with Crippen LogP contribution in [0.1, 0.15) is 43.4 Å². The molecule has 1 saturated heterocycles. The Balaban J connectivity index is 1.37. The molecule has 6 heteroatoms. The first-order valence-electron chi connectivity index (χ1n) is 12.1. The SMILES string of the molecule is CCc1cnc(N2CCC(COc3c(F)cc(-c4cccc(CO)c4)cc3F)CC2)c(CC)c1. The van der Waals surface area contributed by atoms with E-state index in [9.17, 15) is 13.9 Å². The van der Waals surface area contributed by atoms with Gasteiger partial charge in [-0.05, 0) is 77.6 Å². The molecule has 2 aromatic carbocycles. The van der Waals surface area contributed by atoms with E-state index in [0.717, 1.165) is 44.6 Å². The second-order valence-corrected chi connectivity index (χ2v) is 8.90. The minimum atomic E-state index is -0.713. The third-order valence-corrected chi connectivity index (χ3v) is 6.61. The predicted octanol–water partition coefficient (Wildman–Crippen LogP) is 5.94. The number of aryl methyl sites for hydroxylation is 2. The topological polar surface area (TPSA) is 45.6 Å². The molecule has 180 valence electrons. The second-order valence-electron chi connectivity index (χ2n) is 8.90. The maximum atomic E-state index is 14.7. The van der Waals surface area contributed by atoms with Crippen LogP contribution in [-0.4, -0.2) is 29.8 Å². The van der Waals surface area contributed by atoms with E-state index < -0.39 is 11.6 Å². The summed E-state index contributed by atoms with van der Waals surface area (Å²) in [6.45, 7) is 6.14. The summed E-state index contributed by atoms with van der Waals surface area (Å²) in [6.07, 6.45) is 5.64. The number of pyridine rings is 1. The standard InChI is InChI=1S/C28H32F2N2O2/c1-3-19-12-22(4-2)28(31-16-19)32-10-8-20(9-11-32)18-34-27-25(29)14-24(15-26(27)30)23-7-5-6-21(13-23)17-33/h5-7,12-16,20,33H,3-4,8-11,17-18H2,1-2H3. The van der Waals surface area contributed by atoms with E-state index in [4.69, 9.17) is 9.72 Å². The fourth-order valence-corrected chi connectivity index (χ4v) is 4.52. The molecule has 1 fully saturated rings. The number of piperidine rings is 1. The van der Waals surface area contributed by atoms with Crippen molar-refractivity contribution in [1.29, 1.82) is 0 Å². The van der Waals surface area contributed by atoms with Gasteiger partial charge in [-0.1, -0.05) is 38.1 Å². The Morgan fingerprint density at radius 2 is 1.71 bits per heavy atom. The van der Waals surface area contributed by atoms with Gasteiger partial charge in [-0.2, -0.15) is 0 Å². The van der Waals surface area contributed by atoms with Gasteiger partial charge in [0.1, 0.15) is 5.82 Å². The van der Waals surface area contributed by atoms with E-state index >= 15 is 0 Å². The van der Waals surface area contributed by atoms with Crippen LogP contribution in [0.15, 0.2) is 48.7 Å². The van der Waals surface area contributed by atoms with Crippen molar-refractivity contribution in [1.82, 2.24) is 4.98 Å². The molecule has 3 aromatic rings. The zero-order valence-electron chi connectivity index (χ0n) is 19.9. The third-order valence-electron chi connectivity index (χ3n) is 6.61. The highest BCUT2D eigenvalue weighted by Crippen LogP contribution is 2.31. The zero-order chi connectivity index (χ0) is 24.1. The first-order valence-corrected chi connectivity index (χ1v) is 12.1. The minimum absolute atomic E-state index is 0.126. The van der Waals surface area contributed by atoms with Crippen molar-refractivity contribution in [2.24, 2.45) is 5.92 Å². The average Bonchev–Trinajstić information content (AvgIpc) is 2.88. The van der Waals surface area contributed by atoms with Gasteiger partial charge in [-0.3, -0.25) is 0 Å². The van der Waals surface area contributed by atoms with Crippen molar-refractivity contribution in [3.05, 3.63) is 77.0 Å². The molecule has 0 radical (unpaired) electrons. The van der Waals surface area contributed by atoms with E-state index in [1.807, 2.05) is 6.20 Å². The summed E-state index contributed by atoms with van der Waals surface area (Å²) in [5, 5.41) is 9.31. The molecule has 0 amide bonds. The van der Waals surface area contributed by atoms with E-state index in [1.54, 1.807) is 24.3 Å². The van der Waals surface area contributed by atoms with Crippen LogP contribution in [-0.2, 0) is 19.4 Å². The average molecular weight is 467 g/mol. The monoisotopic (exact) mass is 466 g/mol. The molecule has 34 heavy (non-hydrogen) atoms. The number of aliphatic hydroxyl groups excluding tert-OH is 1. The summed E-state index contributed by atoms with van der Waals surface area (Å²) < 4.78 is 35.1. The molecule has 1 aliphatic heterocycles. The van der Waals surface area contributed by atoms with Crippen LogP contribution in [0.2, 0.25) is 0 Å². The molecule has 1 aromatic heterocycles. The van der Waals surface area contributed by atoms with Gasteiger partial charge in [0.15, 0.2) is 17.4 Å². The number of rotatable bonds is 8. The van der Waals surface area contributed by atoms with Crippen LogP contribution in [0.5, 0.6) is 5.75 Å². The fourth-order valence-electron chi connectivity index (χ4n) is 4.52. The molecule has 0 atom stereocenters. The second kappa shape index (κ2) is 11.0. The van der Waals surface area contributed by atoms with Crippen molar-refractivity contribution in [2.75, 3.05) is 24.6 Å². The smallest absolute Gasteiger partial charge is 0.190 e. The number of ether oxygens (including phenoxy) is 1. The number of benzene rings is 2. The summed E-state index contributed by atoms with van der Waals surface area (Å²) >= 11 is 0. The molecule has 0 spiro atoms. The van der Waals surface area contributed by atoms with E-state index in [-0.39, 0.29) is 24.9 Å². The van der Waals surface area contributed by atoms with Crippen LogP contribution in [0.25, 0.3) is 11.1 Å². The van der Waals surface area contributed by atoms with Gasteiger partial charge in [0.25, 0.3) is 0 Å². The minimum Gasteiger partial charge on any atom is -0.487 e. The Morgan fingerprint density at radius 3 is 2.35 bits per heavy atom. The number of anilines is 1. The molecular formula is C28H32F2N2O2. The Bertz CT molecular complexity index is 1100. The van der Waals surface area contributed by atoms with Gasteiger partial charge in [0, 0.05) is 19.3 Å². The lowest BCUT2D eigenvalue weighted by Crippen LogP contribution is -2.36. The van der Waals surface area contributed by atoms with Gasteiger partial charge in [-0.15, -0.1) is 0 Å². The predicted molar refractivity (Wildman–Crippen MR) is 131 cm³/mol. The van der Waals surface area contributed by atoms with Crippen molar-refractivity contribution < 1.29 is 18.6 Å². The lowest BCUT2D eigenvalue weighted by molar-refractivity contribution is 0.207. The summed E-state index contributed by atoms with van der Waals surface area (Å²) in [5.74, 6) is -0.466. The first-order chi connectivity index (χ1) is 16.5. The number of hydrogen-bond acceptors (Lipinski definition) is 4. The Morgan fingerprint density at radius 1 is 0.971 bits per heavy atom. The normalized spacial score (nSPS) is 14.4. The number of nitrogens with zero attached hydrogens (tertiary/aromatic N) is 2. The number of aromatic nitrogens is 1. The van der Waals surface area contributed by atoms with Crippen molar-refractivity contribution in [3.63, 3.8) is 0 Å². The highest BCUT2D eigenvalue weighted by atomic mass is 19.1. The van der Waals surface area contributed by atoms with E-state index in [1.165, 1.54) is 23.3 Å². The largest absolute Gasteiger partial charge is 0.487 e. The van der Waals surface area contributed by atoms with Crippen LogP contribution >= 0.6 is 0 Å². The Kier molecular flexibility index (Phi) is 7.78. The lowest BCUT2D eigenvalue weighted by atomic mass is 9.97. The van der Waals surface area contributed by atoms with Gasteiger partial charge in [-0.25, -0.2) is 13.8 Å². The molecule has 4 rings (SSSR count). The van der Waals surface area contributed by atoms with Gasteiger partial charge >= 0.3 is 0 Å². The summed E-state index contributed by atoms with van der Waals surface area (Å²) in [5.41, 5.74) is 4.27.